The number of halogens is 1. The molecule has 0 aromatic heterocycles. The van der Waals surface area contributed by atoms with Crippen molar-refractivity contribution in [3.63, 3.8) is 0 Å². The first kappa shape index (κ1) is 13.4. The topological polar surface area (TPSA) is 35.5 Å². The van der Waals surface area contributed by atoms with Gasteiger partial charge in [-0.25, -0.2) is 4.79 Å². The van der Waals surface area contributed by atoms with Crippen molar-refractivity contribution in [3.8, 4) is 5.75 Å². The Morgan fingerprint density at radius 1 is 1.29 bits per heavy atom. The van der Waals surface area contributed by atoms with Gasteiger partial charge in [0.15, 0.2) is 6.10 Å². The number of cyclic esters (lactones) is 1. The van der Waals surface area contributed by atoms with Crippen LogP contribution in [0, 0.1) is 5.92 Å². The fraction of sp³-hybridized carbons (Fsp3) is 0.471. The Balaban J connectivity index is 1.73. The normalized spacial score (nSPS) is 33.3. The van der Waals surface area contributed by atoms with E-state index in [0.29, 0.717) is 17.4 Å². The summed E-state index contributed by atoms with van der Waals surface area (Å²) in [7, 11) is 0. The summed E-state index contributed by atoms with van der Waals surface area (Å²) >= 11 is 3.64. The third-order valence-corrected chi connectivity index (χ3v) is 5.80. The number of carbonyl (C=O) groups is 1. The van der Waals surface area contributed by atoms with Crippen LogP contribution in [0.3, 0.4) is 0 Å². The van der Waals surface area contributed by atoms with Gasteiger partial charge in [-0.1, -0.05) is 22.9 Å². The van der Waals surface area contributed by atoms with Gasteiger partial charge in [-0.15, -0.1) is 0 Å². The summed E-state index contributed by atoms with van der Waals surface area (Å²) in [6.45, 7) is 4.01. The van der Waals surface area contributed by atoms with Crippen LogP contribution in [-0.2, 0) is 16.0 Å². The lowest BCUT2D eigenvalue weighted by Gasteiger charge is -2.38. The largest absolute Gasteiger partial charge is 0.486 e. The van der Waals surface area contributed by atoms with Gasteiger partial charge in [-0.2, -0.15) is 0 Å². The van der Waals surface area contributed by atoms with Crippen LogP contribution >= 0.6 is 15.9 Å². The Morgan fingerprint density at radius 2 is 2.10 bits per heavy atom. The quantitative estimate of drug-likeness (QED) is 0.725. The minimum absolute atomic E-state index is 0.0870. The third-order valence-electron chi connectivity index (χ3n) is 5.06. The summed E-state index contributed by atoms with van der Waals surface area (Å²) in [6, 6.07) is 4.10. The molecule has 1 aromatic rings. The molecule has 0 spiro atoms. The lowest BCUT2D eigenvalue weighted by atomic mass is 9.80. The Morgan fingerprint density at radius 3 is 2.81 bits per heavy atom. The van der Waals surface area contributed by atoms with Crippen LogP contribution in [0.15, 0.2) is 28.3 Å². The van der Waals surface area contributed by atoms with Gasteiger partial charge < -0.3 is 9.47 Å². The highest BCUT2D eigenvalue weighted by Gasteiger charge is 2.45. The van der Waals surface area contributed by atoms with E-state index in [0.717, 1.165) is 18.6 Å². The van der Waals surface area contributed by atoms with Gasteiger partial charge in [0.2, 0.25) is 0 Å². The zero-order valence-corrected chi connectivity index (χ0v) is 13.6. The Hall–Kier alpha value is -1.29. The van der Waals surface area contributed by atoms with Gasteiger partial charge in [-0.05, 0) is 49.5 Å². The summed E-state index contributed by atoms with van der Waals surface area (Å²) in [5, 5.41) is 0. The Kier molecular flexibility index (Phi) is 2.93. The molecule has 1 aliphatic carbocycles. The number of esters is 1. The minimum Gasteiger partial charge on any atom is -0.486 e. The molecule has 0 unspecified atom stereocenters. The second-order valence-corrected chi connectivity index (χ2v) is 7.10. The first-order chi connectivity index (χ1) is 10.1. The molecule has 0 amide bonds. The lowest BCUT2D eigenvalue weighted by molar-refractivity contribution is -0.144. The van der Waals surface area contributed by atoms with Crippen molar-refractivity contribution >= 4 is 21.9 Å². The number of benzene rings is 1. The van der Waals surface area contributed by atoms with Crippen molar-refractivity contribution in [2.24, 2.45) is 5.92 Å². The van der Waals surface area contributed by atoms with E-state index in [-0.39, 0.29) is 18.2 Å². The van der Waals surface area contributed by atoms with Gasteiger partial charge in [0.1, 0.15) is 11.9 Å². The number of rotatable bonds is 1. The molecular weight excluding hydrogens is 332 g/mol. The highest BCUT2D eigenvalue weighted by atomic mass is 79.9. The minimum atomic E-state index is -0.256. The van der Waals surface area contributed by atoms with Crippen molar-refractivity contribution in [3.05, 3.63) is 39.4 Å². The second-order valence-electron chi connectivity index (χ2n) is 6.24. The first-order valence-electron chi connectivity index (χ1n) is 7.43. The highest BCUT2D eigenvalue weighted by molar-refractivity contribution is 9.10. The molecule has 0 N–H and O–H groups in total. The van der Waals surface area contributed by atoms with Crippen LogP contribution in [0.5, 0.6) is 5.75 Å². The SMILES string of the molecule is CC1=C[C@@H]([C@H]2Oc3ccc(Br)c4c3[C@H](CC4)[C@@H]2C)OC1=O. The number of carbonyl (C=O) groups excluding carboxylic acids is 1. The highest BCUT2D eigenvalue weighted by Crippen LogP contribution is 2.51. The molecule has 110 valence electrons. The van der Waals surface area contributed by atoms with Crippen LogP contribution in [0.4, 0.5) is 0 Å². The molecule has 3 aliphatic rings. The van der Waals surface area contributed by atoms with Crippen molar-refractivity contribution in [2.45, 2.75) is 44.8 Å². The van der Waals surface area contributed by atoms with Gasteiger partial charge in [-0.3, -0.25) is 0 Å². The monoisotopic (exact) mass is 348 g/mol. The molecule has 0 saturated carbocycles. The van der Waals surface area contributed by atoms with Gasteiger partial charge >= 0.3 is 5.97 Å². The number of ether oxygens (including phenoxy) is 2. The van der Waals surface area contributed by atoms with Gasteiger partial charge in [0.25, 0.3) is 0 Å². The summed E-state index contributed by atoms with van der Waals surface area (Å²) in [5.41, 5.74) is 3.43. The molecule has 2 aliphatic heterocycles. The fourth-order valence-corrected chi connectivity index (χ4v) is 4.47. The first-order valence-corrected chi connectivity index (χ1v) is 8.23. The van der Waals surface area contributed by atoms with E-state index in [4.69, 9.17) is 9.47 Å². The second kappa shape index (κ2) is 4.60. The molecule has 4 atom stereocenters. The van der Waals surface area contributed by atoms with E-state index >= 15 is 0 Å². The Labute approximate surface area is 132 Å². The molecule has 2 heterocycles. The average Bonchev–Trinajstić information content (AvgIpc) is 3.03. The van der Waals surface area contributed by atoms with Gasteiger partial charge in [0.05, 0.1) is 0 Å². The number of hydrogen-bond donors (Lipinski definition) is 0. The van der Waals surface area contributed by atoms with Crippen LogP contribution in [0.1, 0.15) is 37.3 Å². The van der Waals surface area contributed by atoms with E-state index < -0.39 is 0 Å². The van der Waals surface area contributed by atoms with E-state index in [1.807, 2.05) is 12.1 Å². The summed E-state index contributed by atoms with van der Waals surface area (Å²) in [6.07, 6.45) is 3.80. The summed E-state index contributed by atoms with van der Waals surface area (Å²) in [4.78, 5) is 11.6. The molecular formula is C17H17BrO3. The van der Waals surface area contributed by atoms with Crippen LogP contribution in [-0.4, -0.2) is 18.2 Å². The summed E-state index contributed by atoms with van der Waals surface area (Å²) < 4.78 is 12.9. The number of hydrogen-bond acceptors (Lipinski definition) is 3. The fourth-order valence-electron chi connectivity index (χ4n) is 3.93. The van der Waals surface area contributed by atoms with Gasteiger partial charge in [0, 0.05) is 21.5 Å². The van der Waals surface area contributed by atoms with Crippen LogP contribution in [0.25, 0.3) is 0 Å². The van der Waals surface area contributed by atoms with Crippen molar-refractivity contribution in [1.29, 1.82) is 0 Å². The standard InChI is InChI=1S/C17H17BrO3/c1-8-7-14(21-17(8)19)16-9(2)10-3-4-11-12(18)5-6-13(20-16)15(10)11/h5-7,9-10,14,16H,3-4H2,1-2H3/t9-,10+,14-,16-/m0/s1. The van der Waals surface area contributed by atoms with E-state index in [9.17, 15) is 4.79 Å². The zero-order chi connectivity index (χ0) is 14.7. The average molecular weight is 349 g/mol. The smallest absolute Gasteiger partial charge is 0.334 e. The predicted octanol–water partition coefficient (Wildman–Crippen LogP) is 3.75. The molecule has 0 bridgehead atoms. The molecule has 21 heavy (non-hydrogen) atoms. The molecule has 3 nitrogen and oxygen atoms in total. The van der Waals surface area contributed by atoms with Crippen LogP contribution < -0.4 is 4.74 Å². The van der Waals surface area contributed by atoms with E-state index in [1.54, 1.807) is 6.92 Å². The third kappa shape index (κ3) is 1.88. The zero-order valence-electron chi connectivity index (χ0n) is 12.1. The molecule has 0 radical (unpaired) electrons. The lowest BCUT2D eigenvalue weighted by Crippen LogP contribution is -2.42. The molecule has 0 saturated heterocycles. The van der Waals surface area contributed by atoms with E-state index in [2.05, 4.69) is 28.9 Å². The molecule has 4 heteroatoms. The maximum atomic E-state index is 11.6. The summed E-state index contributed by atoms with van der Waals surface area (Å²) in [5.74, 6) is 1.59. The Bertz CT molecular complexity index is 664. The van der Waals surface area contributed by atoms with Crippen molar-refractivity contribution in [1.82, 2.24) is 0 Å². The van der Waals surface area contributed by atoms with Crippen molar-refractivity contribution < 1.29 is 14.3 Å². The molecule has 4 rings (SSSR count). The maximum absolute atomic E-state index is 11.6. The maximum Gasteiger partial charge on any atom is 0.334 e. The predicted molar refractivity (Wildman–Crippen MR) is 82.4 cm³/mol. The molecule has 1 aromatic carbocycles. The van der Waals surface area contributed by atoms with Crippen LogP contribution in [0.2, 0.25) is 0 Å². The molecule has 0 fully saturated rings. The van der Waals surface area contributed by atoms with E-state index in [1.165, 1.54) is 15.6 Å². The van der Waals surface area contributed by atoms with Crippen molar-refractivity contribution in [2.75, 3.05) is 0 Å².